The van der Waals surface area contributed by atoms with E-state index in [1.807, 2.05) is 37.3 Å². The second-order valence-corrected chi connectivity index (χ2v) is 7.23. The van der Waals surface area contributed by atoms with Crippen LogP contribution in [0.15, 0.2) is 57.8 Å². The molecular weight excluding hydrogens is 356 g/mol. The van der Waals surface area contributed by atoms with Gasteiger partial charge in [-0.3, -0.25) is 4.79 Å². The minimum Gasteiger partial charge on any atom is -0.489 e. The van der Waals surface area contributed by atoms with E-state index in [-0.39, 0.29) is 23.0 Å². The number of esters is 1. The number of sulfonamides is 1. The van der Waals surface area contributed by atoms with Crippen molar-refractivity contribution >= 4 is 27.7 Å². The van der Waals surface area contributed by atoms with E-state index in [0.717, 1.165) is 5.56 Å². The first-order valence-corrected chi connectivity index (χ1v) is 9.55. The molecule has 0 bridgehead atoms. The summed E-state index contributed by atoms with van der Waals surface area (Å²) in [6, 6.07) is 13.8. The maximum Gasteiger partial charge on any atom is 0.313 e. The van der Waals surface area contributed by atoms with Crippen LogP contribution < -0.4 is 10.1 Å². The summed E-state index contributed by atoms with van der Waals surface area (Å²) in [5, 5.41) is 2.72. The van der Waals surface area contributed by atoms with Gasteiger partial charge in [-0.2, -0.15) is 8.42 Å². The van der Waals surface area contributed by atoms with Gasteiger partial charge in [0.05, 0.1) is 5.69 Å². The zero-order chi connectivity index (χ0) is 18.6. The summed E-state index contributed by atoms with van der Waals surface area (Å²) in [5.41, 5.74) is 1.25. The molecule has 0 aromatic heterocycles. The van der Waals surface area contributed by atoms with Crippen LogP contribution >= 0.6 is 0 Å². The average molecular weight is 374 g/mol. The predicted molar refractivity (Wildman–Crippen MR) is 96.5 cm³/mol. The van der Waals surface area contributed by atoms with Gasteiger partial charge >= 0.3 is 12.0 Å². The molecule has 7 nitrogen and oxygen atoms in total. The summed E-state index contributed by atoms with van der Waals surface area (Å²) in [5.74, 6) is -0.139. The lowest BCUT2D eigenvalue weighted by Gasteiger charge is -2.18. The normalized spacial score (nSPS) is 14.6. The third kappa shape index (κ3) is 4.20. The Bertz CT molecular complexity index is 939. The number of carbonyl (C=O) groups excluding carboxylic acids is 1. The van der Waals surface area contributed by atoms with Gasteiger partial charge in [-0.05, 0) is 24.1 Å². The molecule has 0 aliphatic carbocycles. The van der Waals surface area contributed by atoms with E-state index in [2.05, 4.69) is 9.71 Å². The van der Waals surface area contributed by atoms with Crippen molar-refractivity contribution in [1.82, 2.24) is 0 Å². The molecule has 136 valence electrons. The zero-order valence-electron chi connectivity index (χ0n) is 14.1. The predicted octanol–water partition coefficient (Wildman–Crippen LogP) is 3.08. The molecule has 0 amide bonds. The third-order valence-electron chi connectivity index (χ3n) is 3.59. The molecule has 0 atom stereocenters. The molecule has 8 heteroatoms. The molecule has 1 aliphatic rings. The van der Waals surface area contributed by atoms with E-state index in [0.29, 0.717) is 18.8 Å². The van der Waals surface area contributed by atoms with Gasteiger partial charge in [0.25, 0.3) is 10.0 Å². The largest absolute Gasteiger partial charge is 0.489 e. The van der Waals surface area contributed by atoms with Gasteiger partial charge in [0, 0.05) is 12.5 Å². The Kier molecular flexibility index (Phi) is 5.22. The molecular formula is C18H18N2O5S. The van der Waals surface area contributed by atoms with Gasteiger partial charge in [-0.1, -0.05) is 37.3 Å². The number of hydrogen-bond donors (Lipinski definition) is 1. The highest BCUT2D eigenvalue weighted by Crippen LogP contribution is 2.31. The van der Waals surface area contributed by atoms with Gasteiger partial charge in [0.15, 0.2) is 0 Å². The molecule has 0 spiro atoms. The van der Waals surface area contributed by atoms with Crippen molar-refractivity contribution in [2.75, 3.05) is 5.32 Å². The van der Waals surface area contributed by atoms with Crippen molar-refractivity contribution in [1.29, 1.82) is 0 Å². The lowest BCUT2D eigenvalue weighted by atomic mass is 10.2. The molecule has 0 saturated heterocycles. The van der Waals surface area contributed by atoms with Crippen LogP contribution in [0.3, 0.4) is 0 Å². The fourth-order valence-electron chi connectivity index (χ4n) is 2.35. The number of anilines is 1. The van der Waals surface area contributed by atoms with Gasteiger partial charge in [-0.25, -0.2) is 0 Å². The molecule has 2 aromatic rings. The van der Waals surface area contributed by atoms with Crippen molar-refractivity contribution in [3.63, 3.8) is 0 Å². The van der Waals surface area contributed by atoms with Crippen LogP contribution in [-0.4, -0.2) is 20.4 Å². The summed E-state index contributed by atoms with van der Waals surface area (Å²) in [6.45, 7) is 2.14. The lowest BCUT2D eigenvalue weighted by Crippen LogP contribution is -2.26. The highest BCUT2D eigenvalue weighted by molar-refractivity contribution is 7.90. The van der Waals surface area contributed by atoms with Gasteiger partial charge in [0.2, 0.25) is 0 Å². The number of benzene rings is 2. The summed E-state index contributed by atoms with van der Waals surface area (Å²) in [4.78, 5) is 11.5. The smallest absolute Gasteiger partial charge is 0.313 e. The van der Waals surface area contributed by atoms with Crippen molar-refractivity contribution in [3.05, 3.63) is 54.1 Å². The molecule has 3 rings (SSSR count). The first kappa shape index (κ1) is 17.9. The Morgan fingerprint density at radius 2 is 1.92 bits per heavy atom. The quantitative estimate of drug-likeness (QED) is 0.809. The van der Waals surface area contributed by atoms with Gasteiger partial charge in [-0.15, -0.1) is 4.40 Å². The molecule has 1 aliphatic heterocycles. The SMILES string of the molecule is CCCC(=O)OC1=NS(=O)(=O)c2cc(OCc3ccccc3)ccc2N1. The second-order valence-electron chi connectivity index (χ2n) is 5.65. The first-order chi connectivity index (χ1) is 12.5. The van der Waals surface area contributed by atoms with E-state index in [9.17, 15) is 13.2 Å². The minimum absolute atomic E-state index is 0.0293. The number of nitrogens with one attached hydrogen (secondary N) is 1. The van der Waals surface area contributed by atoms with Gasteiger partial charge in [0.1, 0.15) is 17.3 Å². The molecule has 1 heterocycles. The van der Waals surface area contributed by atoms with E-state index < -0.39 is 16.0 Å². The summed E-state index contributed by atoms with van der Waals surface area (Å²) < 4.78 is 38.9. The average Bonchev–Trinajstić information content (AvgIpc) is 2.61. The van der Waals surface area contributed by atoms with Gasteiger partial charge < -0.3 is 14.8 Å². The highest BCUT2D eigenvalue weighted by Gasteiger charge is 2.27. The summed E-state index contributed by atoms with van der Waals surface area (Å²) >= 11 is 0. The molecule has 0 unspecified atom stereocenters. The maximum absolute atomic E-state index is 12.4. The van der Waals surface area contributed by atoms with Crippen LogP contribution in [-0.2, 0) is 26.2 Å². The molecule has 0 fully saturated rings. The summed E-state index contributed by atoms with van der Waals surface area (Å²) in [7, 11) is -3.99. The number of amidine groups is 1. The van der Waals surface area contributed by atoms with E-state index in [4.69, 9.17) is 9.47 Å². The lowest BCUT2D eigenvalue weighted by molar-refractivity contribution is -0.135. The van der Waals surface area contributed by atoms with Crippen LogP contribution in [0.4, 0.5) is 5.69 Å². The zero-order valence-corrected chi connectivity index (χ0v) is 15.0. The number of nitrogens with zero attached hydrogens (tertiary/aromatic N) is 1. The second kappa shape index (κ2) is 7.57. The highest BCUT2D eigenvalue weighted by atomic mass is 32.2. The van der Waals surface area contributed by atoms with Crippen molar-refractivity contribution in [2.24, 2.45) is 4.40 Å². The number of ether oxygens (including phenoxy) is 2. The first-order valence-electron chi connectivity index (χ1n) is 8.11. The third-order valence-corrected chi connectivity index (χ3v) is 4.89. The van der Waals surface area contributed by atoms with Crippen LogP contribution in [0.1, 0.15) is 25.3 Å². The number of fused-ring (bicyclic) bond motifs is 1. The van der Waals surface area contributed by atoms with Crippen molar-refractivity contribution in [2.45, 2.75) is 31.3 Å². The molecule has 1 N–H and O–H groups in total. The molecule has 2 aromatic carbocycles. The van der Waals surface area contributed by atoms with Crippen LogP contribution in [0.5, 0.6) is 5.75 Å². The van der Waals surface area contributed by atoms with Crippen LogP contribution in [0.25, 0.3) is 0 Å². The Hall–Kier alpha value is -2.87. The number of rotatable bonds is 5. The van der Waals surface area contributed by atoms with Crippen molar-refractivity contribution in [3.8, 4) is 5.75 Å². The standard InChI is InChI=1S/C18H18N2O5S/c1-2-6-17(21)25-18-19-15-10-9-14(11-16(15)26(22,23)20-18)24-12-13-7-4-3-5-8-13/h3-5,7-11H,2,6,12H2,1H3,(H,19,20). The fourth-order valence-corrected chi connectivity index (χ4v) is 3.42. The Balaban J connectivity index is 1.77. The fraction of sp³-hybridized carbons (Fsp3) is 0.222. The molecule has 26 heavy (non-hydrogen) atoms. The van der Waals surface area contributed by atoms with Crippen LogP contribution in [0.2, 0.25) is 0 Å². The monoisotopic (exact) mass is 374 g/mol. The molecule has 0 radical (unpaired) electrons. The maximum atomic E-state index is 12.4. The molecule has 0 saturated carbocycles. The minimum atomic E-state index is -3.99. The topological polar surface area (TPSA) is 94.1 Å². The summed E-state index contributed by atoms with van der Waals surface area (Å²) in [6.07, 6.45) is 0.775. The van der Waals surface area contributed by atoms with Crippen molar-refractivity contribution < 1.29 is 22.7 Å². The van der Waals surface area contributed by atoms with Crippen LogP contribution in [0, 0.1) is 0 Å². The number of hydrogen-bond acceptors (Lipinski definition) is 6. The Labute approximate surface area is 151 Å². The number of carbonyl (C=O) groups is 1. The van der Waals surface area contributed by atoms with E-state index in [1.165, 1.54) is 6.07 Å². The van der Waals surface area contributed by atoms with E-state index >= 15 is 0 Å². The Morgan fingerprint density at radius 1 is 1.15 bits per heavy atom. The Morgan fingerprint density at radius 3 is 2.65 bits per heavy atom. The van der Waals surface area contributed by atoms with E-state index in [1.54, 1.807) is 12.1 Å².